The van der Waals surface area contributed by atoms with Gasteiger partial charge in [-0.25, -0.2) is 37.8 Å². The van der Waals surface area contributed by atoms with Gasteiger partial charge in [0.15, 0.2) is 5.82 Å². The van der Waals surface area contributed by atoms with Crippen molar-refractivity contribution < 1.29 is 13.2 Å². The van der Waals surface area contributed by atoms with Crippen molar-refractivity contribution in [3.8, 4) is 22.9 Å². The van der Waals surface area contributed by atoms with Crippen molar-refractivity contribution in [1.29, 1.82) is 5.26 Å². The lowest BCUT2D eigenvalue weighted by molar-refractivity contribution is 0.140. The van der Waals surface area contributed by atoms with Crippen LogP contribution in [0.15, 0.2) is 55.4 Å². The predicted octanol–water partition coefficient (Wildman–Crippen LogP) is 4.21. The van der Waals surface area contributed by atoms with Gasteiger partial charge >= 0.3 is 0 Å². The minimum Gasteiger partial charge on any atom is -0.383 e. The van der Waals surface area contributed by atoms with Crippen LogP contribution in [0.25, 0.3) is 27.8 Å². The van der Waals surface area contributed by atoms with Crippen molar-refractivity contribution in [2.24, 2.45) is 0 Å². The van der Waals surface area contributed by atoms with Gasteiger partial charge in [-0.3, -0.25) is 0 Å². The lowest BCUT2D eigenvalue weighted by atomic mass is 10.1. The summed E-state index contributed by atoms with van der Waals surface area (Å²) in [4.78, 5) is 15.8. The molecule has 0 aliphatic rings. The number of fused-ring (bicyclic) bond motifs is 1. The molecule has 0 amide bonds. The molecule has 0 saturated heterocycles. The molecule has 12 heteroatoms. The third-order valence-corrected chi connectivity index (χ3v) is 5.65. The first-order valence-electron chi connectivity index (χ1n) is 10.3. The Hall–Kier alpha value is -4.79. The van der Waals surface area contributed by atoms with Gasteiger partial charge in [-0.1, -0.05) is 12.1 Å². The molecule has 0 aliphatic heterocycles. The van der Waals surface area contributed by atoms with E-state index in [9.17, 15) is 18.4 Å². The van der Waals surface area contributed by atoms with Crippen molar-refractivity contribution in [3.63, 3.8) is 0 Å². The van der Waals surface area contributed by atoms with Gasteiger partial charge in [-0.2, -0.15) is 10.4 Å². The summed E-state index contributed by atoms with van der Waals surface area (Å²) in [6.07, 6.45) is 4.07. The highest BCUT2D eigenvalue weighted by molar-refractivity contribution is 6.03. The molecule has 174 valence electrons. The van der Waals surface area contributed by atoms with E-state index >= 15 is 0 Å². The number of nitrogens with two attached hydrogens (primary N) is 1. The fraction of sp³-hybridized carbons (Fsp3) is 0.130. The number of hydrogen-bond donors (Lipinski definition) is 1. The summed E-state index contributed by atoms with van der Waals surface area (Å²) in [5.41, 5.74) is 8.24. The lowest BCUT2D eigenvalue weighted by Gasteiger charge is -2.14. The van der Waals surface area contributed by atoms with Crippen molar-refractivity contribution in [1.82, 2.24) is 34.3 Å². The molecule has 0 bridgehead atoms. The Morgan fingerprint density at radius 3 is 2.49 bits per heavy atom. The molecule has 0 fully saturated rings. The van der Waals surface area contributed by atoms with E-state index in [1.165, 1.54) is 29.5 Å². The zero-order valence-electron chi connectivity index (χ0n) is 18.1. The Bertz CT molecular complexity index is 1580. The molecule has 1 atom stereocenters. The van der Waals surface area contributed by atoms with Gasteiger partial charge in [0, 0.05) is 35.3 Å². The largest absolute Gasteiger partial charge is 0.383 e. The number of hydrogen-bond acceptors (Lipinski definition) is 7. The van der Waals surface area contributed by atoms with Crippen LogP contribution < -0.4 is 5.73 Å². The zero-order valence-corrected chi connectivity index (χ0v) is 18.1. The number of halogens is 3. The minimum absolute atomic E-state index is 0.104. The number of para-hydroxylation sites is 1. The molecule has 4 heterocycles. The average Bonchev–Trinajstić information content (AvgIpc) is 3.48. The van der Waals surface area contributed by atoms with E-state index in [0.29, 0.717) is 27.7 Å². The number of anilines is 1. The normalized spacial score (nSPS) is 12.2. The van der Waals surface area contributed by atoms with E-state index in [4.69, 9.17) is 5.73 Å². The molecule has 5 rings (SSSR count). The van der Waals surface area contributed by atoms with E-state index in [2.05, 4.69) is 31.1 Å². The molecular weight excluding hydrogens is 459 g/mol. The summed E-state index contributed by atoms with van der Waals surface area (Å²) in [7, 11) is 0. The minimum atomic E-state index is -2.83. The second-order valence-corrected chi connectivity index (χ2v) is 7.64. The highest BCUT2D eigenvalue weighted by atomic mass is 19.3. The Labute approximate surface area is 196 Å². The molecule has 0 unspecified atom stereocenters. The molecule has 1 aromatic carbocycles. The van der Waals surface area contributed by atoms with E-state index in [-0.39, 0.29) is 17.2 Å². The first-order chi connectivity index (χ1) is 16.9. The first kappa shape index (κ1) is 22.0. The molecular formula is C23H16F3N9. The van der Waals surface area contributed by atoms with Gasteiger partial charge in [0.2, 0.25) is 0 Å². The average molecular weight is 475 g/mol. The summed E-state index contributed by atoms with van der Waals surface area (Å²) in [6, 6.07) is 7.89. The summed E-state index contributed by atoms with van der Waals surface area (Å²) in [6.45, 7) is 1.82. The van der Waals surface area contributed by atoms with Crippen LogP contribution in [-0.4, -0.2) is 34.3 Å². The maximum absolute atomic E-state index is 14.3. The van der Waals surface area contributed by atoms with Gasteiger partial charge < -0.3 is 10.3 Å². The second-order valence-electron chi connectivity index (χ2n) is 7.64. The quantitative estimate of drug-likeness (QED) is 0.404. The van der Waals surface area contributed by atoms with E-state index in [1.807, 2.05) is 6.92 Å². The fourth-order valence-corrected chi connectivity index (χ4v) is 3.98. The van der Waals surface area contributed by atoms with Crippen molar-refractivity contribution in [3.05, 3.63) is 78.3 Å². The highest BCUT2D eigenvalue weighted by Gasteiger charge is 2.27. The van der Waals surface area contributed by atoms with Crippen LogP contribution in [0.3, 0.4) is 0 Å². The zero-order chi connectivity index (χ0) is 24.7. The molecule has 4 aromatic heterocycles. The molecule has 2 N–H and O–H groups in total. The highest BCUT2D eigenvalue weighted by Crippen LogP contribution is 2.39. The SMILES string of the molecule is C[C@@H](c1cnn(-c2ccccc2F)c1)n1c(C#N)c(-c2cnc(C(F)F)nc2)c2c(N)ncnc21. The van der Waals surface area contributed by atoms with Gasteiger partial charge in [0.1, 0.15) is 41.1 Å². The Kier molecular flexibility index (Phi) is 5.37. The Balaban J connectivity index is 1.69. The maximum atomic E-state index is 14.3. The van der Waals surface area contributed by atoms with Crippen LogP contribution in [0.4, 0.5) is 19.0 Å². The monoisotopic (exact) mass is 475 g/mol. The third kappa shape index (κ3) is 3.63. The van der Waals surface area contributed by atoms with Crippen LogP contribution in [0.5, 0.6) is 0 Å². The fourth-order valence-electron chi connectivity index (χ4n) is 3.98. The molecule has 9 nitrogen and oxygen atoms in total. The first-order valence-corrected chi connectivity index (χ1v) is 10.3. The van der Waals surface area contributed by atoms with Gasteiger partial charge in [-0.15, -0.1) is 0 Å². The number of nitriles is 1. The van der Waals surface area contributed by atoms with Crippen LogP contribution in [-0.2, 0) is 0 Å². The molecule has 0 spiro atoms. The van der Waals surface area contributed by atoms with Crippen molar-refractivity contribution in [2.75, 3.05) is 5.73 Å². The smallest absolute Gasteiger partial charge is 0.297 e. The summed E-state index contributed by atoms with van der Waals surface area (Å²) in [5, 5.41) is 14.8. The topological polar surface area (TPSA) is 124 Å². The van der Waals surface area contributed by atoms with E-state index in [1.54, 1.807) is 35.2 Å². The van der Waals surface area contributed by atoms with Crippen LogP contribution in [0.1, 0.15) is 36.5 Å². The Morgan fingerprint density at radius 1 is 1.06 bits per heavy atom. The van der Waals surface area contributed by atoms with E-state index < -0.39 is 24.1 Å². The van der Waals surface area contributed by atoms with Gasteiger partial charge in [0.25, 0.3) is 6.43 Å². The number of aromatic nitrogens is 7. The standard InChI is InChI=1S/C23H16F3N9/c1-12(14-9-33-34(10-14)16-5-3-2-4-15(16)24)35-17(6-27)18(19-21(28)31-11-32-23(19)35)13-7-29-22(20(25)26)30-8-13/h2-5,7-12,20H,1H3,(H2,28,31,32)/t12-/m0/s1. The van der Waals surface area contributed by atoms with Crippen LogP contribution in [0.2, 0.25) is 0 Å². The number of rotatable bonds is 5. The third-order valence-electron chi connectivity index (χ3n) is 5.65. The molecule has 35 heavy (non-hydrogen) atoms. The maximum Gasteiger partial charge on any atom is 0.297 e. The van der Waals surface area contributed by atoms with Gasteiger partial charge in [-0.05, 0) is 19.1 Å². The van der Waals surface area contributed by atoms with Crippen molar-refractivity contribution in [2.45, 2.75) is 19.4 Å². The van der Waals surface area contributed by atoms with Crippen molar-refractivity contribution >= 4 is 16.9 Å². The molecule has 0 aliphatic carbocycles. The summed E-state index contributed by atoms with van der Waals surface area (Å²) < 4.78 is 43.2. The summed E-state index contributed by atoms with van der Waals surface area (Å²) >= 11 is 0. The molecule has 0 radical (unpaired) electrons. The molecule has 5 aromatic rings. The van der Waals surface area contributed by atoms with Gasteiger partial charge in [0.05, 0.1) is 17.6 Å². The molecule has 0 saturated carbocycles. The number of benzene rings is 1. The second kappa shape index (κ2) is 8.53. The predicted molar refractivity (Wildman–Crippen MR) is 120 cm³/mol. The summed E-state index contributed by atoms with van der Waals surface area (Å²) in [5.74, 6) is -0.962. The Morgan fingerprint density at radius 2 is 1.80 bits per heavy atom. The number of nitrogens with zero attached hydrogens (tertiary/aromatic N) is 8. The van der Waals surface area contributed by atoms with Crippen LogP contribution in [0, 0.1) is 17.1 Å². The number of nitrogen functional groups attached to an aromatic ring is 1. The van der Waals surface area contributed by atoms with E-state index in [0.717, 1.165) is 0 Å². The van der Waals surface area contributed by atoms with Crippen LogP contribution >= 0.6 is 0 Å². The number of alkyl halides is 2. The lowest BCUT2D eigenvalue weighted by Crippen LogP contribution is -2.09.